The van der Waals surface area contributed by atoms with Crippen molar-refractivity contribution in [3.05, 3.63) is 12.1 Å². The number of alkyl halides is 1. The lowest BCUT2D eigenvalue weighted by molar-refractivity contribution is 0.642. The molecule has 0 spiro atoms. The molecular weight excluding hydrogens is 284 g/mol. The van der Waals surface area contributed by atoms with E-state index in [0.717, 1.165) is 24.1 Å². The zero-order chi connectivity index (χ0) is 12.3. The maximum atomic E-state index is 4.40. The first-order valence-corrected chi connectivity index (χ1v) is 6.72. The van der Waals surface area contributed by atoms with Crippen LogP contribution in [0.5, 0.6) is 0 Å². The van der Waals surface area contributed by atoms with Crippen LogP contribution in [0, 0.1) is 0 Å². The van der Waals surface area contributed by atoms with E-state index >= 15 is 0 Å². The molecule has 2 aromatic rings. The Bertz CT molecular complexity index is 482. The summed E-state index contributed by atoms with van der Waals surface area (Å²) in [5.41, 5.74) is 0.665. The molecule has 0 saturated heterocycles. The van der Waals surface area contributed by atoms with Crippen molar-refractivity contribution in [2.75, 3.05) is 16.8 Å². The Labute approximate surface area is 108 Å². The van der Waals surface area contributed by atoms with Crippen LogP contribution in [0.2, 0.25) is 0 Å². The Morgan fingerprint density at radius 1 is 1.41 bits per heavy atom. The van der Waals surface area contributed by atoms with Crippen LogP contribution in [-0.4, -0.2) is 43.2 Å². The molecule has 0 saturated carbocycles. The van der Waals surface area contributed by atoms with Crippen LogP contribution in [0.15, 0.2) is 12.1 Å². The predicted octanol–water partition coefficient (Wildman–Crippen LogP) is 1.52. The van der Waals surface area contributed by atoms with Crippen molar-refractivity contribution < 1.29 is 0 Å². The van der Waals surface area contributed by atoms with Gasteiger partial charge in [0.2, 0.25) is 0 Å². The molecule has 2 rings (SSSR count). The van der Waals surface area contributed by atoms with Crippen molar-refractivity contribution in [1.82, 2.24) is 25.3 Å². The molecule has 7 heteroatoms. The van der Waals surface area contributed by atoms with Gasteiger partial charge in [0.05, 0.1) is 0 Å². The molecule has 2 aromatic heterocycles. The normalized spacial score (nSPS) is 11.3. The Kier molecular flexibility index (Phi) is 3.88. The lowest BCUT2D eigenvalue weighted by atomic mass is 10.3. The van der Waals surface area contributed by atoms with Gasteiger partial charge in [-0.25, -0.2) is 0 Å². The first-order valence-electron chi connectivity index (χ1n) is 5.60. The van der Waals surface area contributed by atoms with Crippen LogP contribution in [0.4, 0.5) is 5.82 Å². The molecule has 0 unspecified atom stereocenters. The number of hydrogen-bond donors (Lipinski definition) is 0. The molecule has 0 radical (unpaired) electrons. The number of aromatic nitrogens is 5. The molecule has 0 fully saturated rings. The summed E-state index contributed by atoms with van der Waals surface area (Å²) in [4.78, 5) is 2.24. The van der Waals surface area contributed by atoms with Gasteiger partial charge < -0.3 is 4.90 Å². The van der Waals surface area contributed by atoms with E-state index in [4.69, 9.17) is 0 Å². The highest BCUT2D eigenvalue weighted by atomic mass is 79.9. The van der Waals surface area contributed by atoms with Crippen LogP contribution in [0.25, 0.3) is 5.65 Å². The second-order valence-corrected chi connectivity index (χ2v) is 4.84. The largest absolute Gasteiger partial charge is 0.353 e. The van der Waals surface area contributed by atoms with Crippen LogP contribution in [0.1, 0.15) is 20.3 Å². The summed E-state index contributed by atoms with van der Waals surface area (Å²) in [5.74, 6) is 0.903. The number of rotatable bonds is 5. The van der Waals surface area contributed by atoms with Crippen molar-refractivity contribution in [1.29, 1.82) is 0 Å². The maximum Gasteiger partial charge on any atom is 0.200 e. The zero-order valence-electron chi connectivity index (χ0n) is 9.91. The third kappa shape index (κ3) is 2.71. The van der Waals surface area contributed by atoms with E-state index in [0.29, 0.717) is 11.7 Å². The van der Waals surface area contributed by atoms with Crippen molar-refractivity contribution >= 4 is 27.4 Å². The first kappa shape index (κ1) is 12.2. The summed E-state index contributed by atoms with van der Waals surface area (Å²) in [7, 11) is 0. The smallest absolute Gasteiger partial charge is 0.200 e. The summed E-state index contributed by atoms with van der Waals surface area (Å²) >= 11 is 3.45. The van der Waals surface area contributed by atoms with Gasteiger partial charge >= 0.3 is 0 Å². The highest BCUT2D eigenvalue weighted by molar-refractivity contribution is 9.09. The fourth-order valence-electron chi connectivity index (χ4n) is 1.66. The van der Waals surface area contributed by atoms with Gasteiger partial charge in [0.1, 0.15) is 0 Å². The van der Waals surface area contributed by atoms with Gasteiger partial charge in [-0.15, -0.1) is 14.8 Å². The molecule has 0 aliphatic rings. The van der Waals surface area contributed by atoms with Crippen molar-refractivity contribution in [3.63, 3.8) is 0 Å². The Morgan fingerprint density at radius 3 is 2.94 bits per heavy atom. The number of fused-ring (bicyclic) bond motifs is 1. The first-order chi connectivity index (χ1) is 8.22. The number of anilines is 1. The quantitative estimate of drug-likeness (QED) is 0.783. The van der Waals surface area contributed by atoms with E-state index in [1.807, 2.05) is 12.1 Å². The molecule has 0 bridgehead atoms. The minimum Gasteiger partial charge on any atom is -0.353 e. The number of tetrazole rings is 1. The number of halogens is 1. The Balaban J connectivity index is 2.27. The molecule has 0 atom stereocenters. The van der Waals surface area contributed by atoms with E-state index in [1.54, 1.807) is 0 Å². The van der Waals surface area contributed by atoms with Gasteiger partial charge in [0, 0.05) is 17.9 Å². The monoisotopic (exact) mass is 298 g/mol. The molecule has 2 heterocycles. The molecule has 0 N–H and O–H groups in total. The van der Waals surface area contributed by atoms with Crippen LogP contribution in [-0.2, 0) is 0 Å². The fourth-order valence-corrected chi connectivity index (χ4v) is 1.91. The predicted molar refractivity (Wildman–Crippen MR) is 69.5 cm³/mol. The molecule has 0 aromatic carbocycles. The summed E-state index contributed by atoms with van der Waals surface area (Å²) < 4.78 is 1.46. The second kappa shape index (κ2) is 5.39. The molecule has 0 aliphatic heterocycles. The van der Waals surface area contributed by atoms with Crippen LogP contribution in [0.3, 0.4) is 0 Å². The third-order valence-corrected chi connectivity index (χ3v) is 3.07. The van der Waals surface area contributed by atoms with Gasteiger partial charge in [-0.05, 0) is 42.8 Å². The van der Waals surface area contributed by atoms with Crippen molar-refractivity contribution in [2.45, 2.75) is 26.3 Å². The fraction of sp³-hybridized carbons (Fsp3) is 0.600. The zero-order valence-corrected chi connectivity index (χ0v) is 11.5. The van der Waals surface area contributed by atoms with Gasteiger partial charge in [0.25, 0.3) is 0 Å². The average Bonchev–Trinajstić information content (AvgIpc) is 2.76. The van der Waals surface area contributed by atoms with E-state index < -0.39 is 0 Å². The minimum atomic E-state index is 0.399. The molecule has 0 amide bonds. The second-order valence-electron chi connectivity index (χ2n) is 4.05. The standard InChI is InChI=1S/C10H15BrN6/c1-8(2)16(7-3-6-11)10-5-4-9-12-14-15-17(9)13-10/h4-5,8H,3,6-7H2,1-2H3. The topological polar surface area (TPSA) is 59.2 Å². The number of hydrogen-bond acceptors (Lipinski definition) is 5. The van der Waals surface area contributed by atoms with E-state index in [2.05, 4.69) is 55.3 Å². The van der Waals surface area contributed by atoms with E-state index in [-0.39, 0.29) is 0 Å². The van der Waals surface area contributed by atoms with E-state index in [9.17, 15) is 0 Å². The maximum absolute atomic E-state index is 4.40. The summed E-state index contributed by atoms with van der Waals surface area (Å²) in [6.07, 6.45) is 1.08. The SMILES string of the molecule is CC(C)N(CCCBr)c1ccc2nnnn2n1. The van der Waals surface area contributed by atoms with E-state index in [1.165, 1.54) is 4.63 Å². The lowest BCUT2D eigenvalue weighted by Crippen LogP contribution is -2.33. The molecule has 0 aliphatic carbocycles. The van der Waals surface area contributed by atoms with Gasteiger partial charge in [-0.3, -0.25) is 0 Å². The van der Waals surface area contributed by atoms with Gasteiger partial charge in [-0.1, -0.05) is 15.9 Å². The Morgan fingerprint density at radius 2 is 2.24 bits per heavy atom. The molecule has 6 nitrogen and oxygen atoms in total. The van der Waals surface area contributed by atoms with Crippen molar-refractivity contribution in [2.24, 2.45) is 0 Å². The van der Waals surface area contributed by atoms with Crippen LogP contribution >= 0.6 is 15.9 Å². The van der Waals surface area contributed by atoms with Crippen molar-refractivity contribution in [3.8, 4) is 0 Å². The molecule has 17 heavy (non-hydrogen) atoms. The lowest BCUT2D eigenvalue weighted by Gasteiger charge is -2.27. The minimum absolute atomic E-state index is 0.399. The average molecular weight is 299 g/mol. The summed E-state index contributed by atoms with van der Waals surface area (Å²) in [6, 6.07) is 4.24. The summed E-state index contributed by atoms with van der Waals surface area (Å²) in [5, 5.41) is 16.6. The third-order valence-electron chi connectivity index (χ3n) is 2.51. The molecular formula is C10H15BrN6. The van der Waals surface area contributed by atoms with Crippen LogP contribution < -0.4 is 4.90 Å². The molecule has 92 valence electrons. The van der Waals surface area contributed by atoms with Gasteiger partial charge in [-0.2, -0.15) is 0 Å². The van der Waals surface area contributed by atoms with Gasteiger partial charge in [0.15, 0.2) is 11.5 Å². The highest BCUT2D eigenvalue weighted by Gasteiger charge is 2.12. The summed E-state index contributed by atoms with van der Waals surface area (Å²) in [6.45, 7) is 5.27. The Hall–Kier alpha value is -1.24. The number of nitrogens with zero attached hydrogens (tertiary/aromatic N) is 6. The highest BCUT2D eigenvalue weighted by Crippen LogP contribution is 2.14.